The Bertz CT molecular complexity index is 629. The second-order valence-corrected chi connectivity index (χ2v) is 4.55. The third kappa shape index (κ3) is 3.54. The normalized spacial score (nSPS) is 10.3. The summed E-state index contributed by atoms with van der Waals surface area (Å²) < 4.78 is 31.9. The number of hydrogen-bond donors (Lipinski definition) is 0. The molecule has 0 bridgehead atoms. The van der Waals surface area contributed by atoms with Crippen LogP contribution >= 0.6 is 11.6 Å². The van der Waals surface area contributed by atoms with Gasteiger partial charge in [0.15, 0.2) is 17.3 Å². The standard InChI is InChI=1S/C15H11ClF2O2/c16-12-5-3-7-14(15(12)18)20-9-11(19)8-10-4-1-2-6-13(10)17/h1-7H,8-9H2. The first-order valence-corrected chi connectivity index (χ1v) is 6.27. The maximum atomic E-state index is 13.5. The van der Waals surface area contributed by atoms with Crippen LogP contribution in [0.2, 0.25) is 5.02 Å². The van der Waals surface area contributed by atoms with Crippen molar-refractivity contribution < 1.29 is 18.3 Å². The first-order chi connectivity index (χ1) is 9.58. The first-order valence-electron chi connectivity index (χ1n) is 5.90. The predicted molar refractivity (Wildman–Crippen MR) is 72.0 cm³/mol. The van der Waals surface area contributed by atoms with Crippen LogP contribution in [0.1, 0.15) is 5.56 Å². The van der Waals surface area contributed by atoms with E-state index in [4.69, 9.17) is 16.3 Å². The van der Waals surface area contributed by atoms with Crippen LogP contribution in [0.15, 0.2) is 42.5 Å². The Morgan fingerprint density at radius 3 is 2.60 bits per heavy atom. The second kappa shape index (κ2) is 6.48. The van der Waals surface area contributed by atoms with Gasteiger partial charge in [-0.15, -0.1) is 0 Å². The molecule has 2 nitrogen and oxygen atoms in total. The Labute approximate surface area is 119 Å². The van der Waals surface area contributed by atoms with Crippen molar-refractivity contribution in [3.8, 4) is 5.75 Å². The minimum absolute atomic E-state index is 0.0796. The third-order valence-corrected chi connectivity index (χ3v) is 2.94. The van der Waals surface area contributed by atoms with Gasteiger partial charge >= 0.3 is 0 Å². The number of benzene rings is 2. The lowest BCUT2D eigenvalue weighted by Gasteiger charge is -2.07. The summed E-state index contributed by atoms with van der Waals surface area (Å²) in [5, 5.41) is -0.0796. The zero-order chi connectivity index (χ0) is 14.5. The second-order valence-electron chi connectivity index (χ2n) is 4.15. The van der Waals surface area contributed by atoms with Crippen molar-refractivity contribution in [2.24, 2.45) is 0 Å². The number of hydrogen-bond acceptors (Lipinski definition) is 2. The fourth-order valence-corrected chi connectivity index (χ4v) is 1.82. The highest BCUT2D eigenvalue weighted by Gasteiger charge is 2.11. The van der Waals surface area contributed by atoms with E-state index in [1.807, 2.05) is 0 Å². The van der Waals surface area contributed by atoms with Crippen molar-refractivity contribution in [1.82, 2.24) is 0 Å². The van der Waals surface area contributed by atoms with Gasteiger partial charge in [-0.2, -0.15) is 0 Å². The van der Waals surface area contributed by atoms with Crippen molar-refractivity contribution in [1.29, 1.82) is 0 Å². The maximum absolute atomic E-state index is 13.5. The van der Waals surface area contributed by atoms with E-state index in [2.05, 4.69) is 0 Å². The van der Waals surface area contributed by atoms with Gasteiger partial charge in [0.05, 0.1) is 5.02 Å². The molecule has 104 valence electrons. The highest BCUT2D eigenvalue weighted by atomic mass is 35.5. The van der Waals surface area contributed by atoms with Crippen molar-refractivity contribution in [2.45, 2.75) is 6.42 Å². The van der Waals surface area contributed by atoms with Crippen molar-refractivity contribution in [2.75, 3.05) is 6.61 Å². The maximum Gasteiger partial charge on any atom is 0.183 e. The minimum atomic E-state index is -0.715. The van der Waals surface area contributed by atoms with E-state index in [0.717, 1.165) is 0 Å². The molecule has 0 fully saturated rings. The molecule has 0 amide bonds. The number of carbonyl (C=O) groups is 1. The average Bonchev–Trinajstić information content (AvgIpc) is 2.43. The summed E-state index contributed by atoms with van der Waals surface area (Å²) in [5.41, 5.74) is 0.285. The Balaban J connectivity index is 1.96. The fraction of sp³-hybridized carbons (Fsp3) is 0.133. The number of halogens is 3. The fourth-order valence-electron chi connectivity index (χ4n) is 1.66. The van der Waals surface area contributed by atoms with Gasteiger partial charge in [0, 0.05) is 6.42 Å². The van der Waals surface area contributed by atoms with Crippen LogP contribution in [0.25, 0.3) is 0 Å². The first kappa shape index (κ1) is 14.5. The number of carbonyl (C=O) groups excluding carboxylic acids is 1. The molecule has 0 unspecified atom stereocenters. The Hall–Kier alpha value is -1.94. The molecule has 5 heteroatoms. The molecule has 2 aromatic rings. The van der Waals surface area contributed by atoms with Gasteiger partial charge in [0.2, 0.25) is 0 Å². The van der Waals surface area contributed by atoms with Crippen LogP contribution in [0.5, 0.6) is 5.75 Å². The van der Waals surface area contributed by atoms with E-state index in [1.54, 1.807) is 12.1 Å². The zero-order valence-electron chi connectivity index (χ0n) is 10.4. The smallest absolute Gasteiger partial charge is 0.183 e. The molecule has 0 aliphatic carbocycles. The molecule has 0 aliphatic rings. The number of ether oxygens (including phenoxy) is 1. The van der Waals surface area contributed by atoms with E-state index in [0.29, 0.717) is 0 Å². The van der Waals surface area contributed by atoms with Gasteiger partial charge in [-0.3, -0.25) is 4.79 Å². The molecule has 2 aromatic carbocycles. The highest BCUT2D eigenvalue weighted by molar-refractivity contribution is 6.30. The lowest BCUT2D eigenvalue weighted by atomic mass is 10.1. The van der Waals surface area contributed by atoms with Crippen molar-refractivity contribution in [3.05, 3.63) is 64.7 Å². The van der Waals surface area contributed by atoms with Crippen LogP contribution in [0.3, 0.4) is 0 Å². The van der Waals surface area contributed by atoms with E-state index in [-0.39, 0.29) is 35.1 Å². The van der Waals surface area contributed by atoms with Gasteiger partial charge < -0.3 is 4.74 Å². The molecule has 0 aliphatic heterocycles. The van der Waals surface area contributed by atoms with Gasteiger partial charge in [-0.05, 0) is 23.8 Å². The molecule has 0 saturated carbocycles. The van der Waals surface area contributed by atoms with E-state index >= 15 is 0 Å². The Morgan fingerprint density at radius 2 is 1.85 bits per heavy atom. The quantitative estimate of drug-likeness (QED) is 0.838. The van der Waals surface area contributed by atoms with Gasteiger partial charge in [0.25, 0.3) is 0 Å². The molecule has 20 heavy (non-hydrogen) atoms. The van der Waals surface area contributed by atoms with E-state index in [1.165, 1.54) is 30.3 Å². The molecule has 0 atom stereocenters. The molecular weight excluding hydrogens is 286 g/mol. The molecule has 0 aromatic heterocycles. The van der Waals surface area contributed by atoms with Crippen LogP contribution in [-0.4, -0.2) is 12.4 Å². The van der Waals surface area contributed by atoms with Crippen molar-refractivity contribution in [3.63, 3.8) is 0 Å². The minimum Gasteiger partial charge on any atom is -0.483 e. The molecule has 0 N–H and O–H groups in total. The Kier molecular flexibility index (Phi) is 4.69. The SMILES string of the molecule is O=C(COc1cccc(Cl)c1F)Cc1ccccc1F. The van der Waals surface area contributed by atoms with Crippen LogP contribution in [0.4, 0.5) is 8.78 Å². The molecule has 0 radical (unpaired) electrons. The average molecular weight is 297 g/mol. The zero-order valence-corrected chi connectivity index (χ0v) is 11.2. The van der Waals surface area contributed by atoms with E-state index < -0.39 is 11.6 Å². The van der Waals surface area contributed by atoms with Crippen LogP contribution in [0, 0.1) is 11.6 Å². The molecule has 0 heterocycles. The number of ketones is 1. The molecule has 0 spiro atoms. The summed E-state index contributed by atoms with van der Waals surface area (Å²) in [5.74, 6) is -1.61. The van der Waals surface area contributed by atoms with Gasteiger partial charge in [-0.1, -0.05) is 35.9 Å². The van der Waals surface area contributed by atoms with Crippen LogP contribution < -0.4 is 4.74 Å². The summed E-state index contributed by atoms with van der Waals surface area (Å²) in [6, 6.07) is 10.3. The number of rotatable bonds is 5. The van der Waals surface area contributed by atoms with Crippen LogP contribution in [-0.2, 0) is 11.2 Å². The van der Waals surface area contributed by atoms with E-state index in [9.17, 15) is 13.6 Å². The molecule has 2 rings (SSSR count). The third-order valence-electron chi connectivity index (χ3n) is 2.65. The van der Waals surface area contributed by atoms with Gasteiger partial charge in [0.1, 0.15) is 12.4 Å². The monoisotopic (exact) mass is 296 g/mol. The highest BCUT2D eigenvalue weighted by Crippen LogP contribution is 2.24. The summed E-state index contributed by atoms with van der Waals surface area (Å²) >= 11 is 5.59. The number of Topliss-reactive ketones (excluding diaryl/α,β-unsaturated/α-hetero) is 1. The lowest BCUT2D eigenvalue weighted by Crippen LogP contribution is -2.15. The summed E-state index contributed by atoms with van der Waals surface area (Å²) in [6.45, 7) is -0.342. The summed E-state index contributed by atoms with van der Waals surface area (Å²) in [4.78, 5) is 11.7. The van der Waals surface area contributed by atoms with Gasteiger partial charge in [-0.25, -0.2) is 8.78 Å². The predicted octanol–water partition coefficient (Wildman–Crippen LogP) is 3.81. The largest absolute Gasteiger partial charge is 0.483 e. The molecule has 0 saturated heterocycles. The summed E-state index contributed by atoms with van der Waals surface area (Å²) in [7, 11) is 0. The molecular formula is C15H11ClF2O2. The lowest BCUT2D eigenvalue weighted by molar-refractivity contribution is -0.120. The van der Waals surface area contributed by atoms with Crippen molar-refractivity contribution >= 4 is 17.4 Å². The topological polar surface area (TPSA) is 26.3 Å². The summed E-state index contributed by atoms with van der Waals surface area (Å²) in [6.07, 6.45) is -0.102. The Morgan fingerprint density at radius 1 is 1.10 bits per heavy atom.